The fraction of sp³-hybridized carbons (Fsp3) is 0.919. The van der Waals surface area contributed by atoms with Crippen molar-refractivity contribution in [3.05, 3.63) is 18.2 Å². The average Bonchev–Trinajstić information content (AvgIpc) is 3.43. The van der Waals surface area contributed by atoms with Crippen molar-refractivity contribution in [3.63, 3.8) is 0 Å². The minimum Gasteiger partial charge on any atom is -0.247 e. The summed E-state index contributed by atoms with van der Waals surface area (Å²) >= 11 is 0. The van der Waals surface area contributed by atoms with Crippen LogP contribution in [0.5, 0.6) is 0 Å². The van der Waals surface area contributed by atoms with Crippen molar-refractivity contribution in [1.82, 2.24) is 4.98 Å². The molecular formula is C37H73N2+. The van der Waals surface area contributed by atoms with Crippen molar-refractivity contribution in [2.45, 2.75) is 219 Å². The minimum absolute atomic E-state index is 0.622. The molecule has 2 nitrogen and oxygen atoms in total. The predicted molar refractivity (Wildman–Crippen MR) is 175 cm³/mol. The van der Waals surface area contributed by atoms with E-state index >= 15 is 0 Å². The number of aromatic nitrogens is 2. The number of H-pyrrole nitrogens is 1. The van der Waals surface area contributed by atoms with Crippen LogP contribution in [0.15, 0.2) is 12.4 Å². The second kappa shape index (κ2) is 27.4. The lowest BCUT2D eigenvalue weighted by atomic mass is 9.92. The van der Waals surface area contributed by atoms with Gasteiger partial charge >= 0.3 is 0 Å². The summed E-state index contributed by atoms with van der Waals surface area (Å²) < 4.78 is 2.62. The van der Waals surface area contributed by atoms with E-state index in [9.17, 15) is 0 Å². The Morgan fingerprint density at radius 2 is 0.821 bits per heavy atom. The van der Waals surface area contributed by atoms with Gasteiger partial charge in [-0.25, -0.2) is 9.55 Å². The number of aromatic amines is 1. The Bertz CT molecular complexity index is 606. The molecule has 0 spiro atoms. The number of imidazole rings is 1. The molecule has 0 aliphatic rings. The Morgan fingerprint density at radius 1 is 0.487 bits per heavy atom. The number of hydrogen-bond acceptors (Lipinski definition) is 0. The van der Waals surface area contributed by atoms with E-state index in [4.69, 9.17) is 0 Å². The van der Waals surface area contributed by atoms with Gasteiger partial charge in [0.25, 0.3) is 5.82 Å². The lowest BCUT2D eigenvalue weighted by Gasteiger charge is -2.17. The highest BCUT2D eigenvalue weighted by Crippen LogP contribution is 2.27. The number of nitrogens with one attached hydrogen (secondary N) is 1. The van der Waals surface area contributed by atoms with Crippen LogP contribution in [0.25, 0.3) is 0 Å². The van der Waals surface area contributed by atoms with Gasteiger partial charge in [0.05, 0.1) is 12.0 Å². The van der Waals surface area contributed by atoms with Gasteiger partial charge in [0.2, 0.25) is 0 Å². The van der Waals surface area contributed by atoms with E-state index in [0.717, 1.165) is 0 Å². The van der Waals surface area contributed by atoms with Gasteiger partial charge in [-0.3, -0.25) is 0 Å². The smallest absolute Gasteiger partial charge is 0.247 e. The number of rotatable bonds is 30. The van der Waals surface area contributed by atoms with Gasteiger partial charge in [0, 0.05) is 0 Å². The summed E-state index contributed by atoms with van der Waals surface area (Å²) in [7, 11) is 0. The highest BCUT2D eigenvalue weighted by Gasteiger charge is 2.25. The second-order valence-corrected chi connectivity index (χ2v) is 12.9. The minimum atomic E-state index is 0.622. The monoisotopic (exact) mass is 546 g/mol. The first-order valence-electron chi connectivity index (χ1n) is 18.3. The third kappa shape index (κ3) is 19.8. The highest BCUT2D eigenvalue weighted by atomic mass is 15.1. The Labute approximate surface area is 246 Å². The third-order valence-corrected chi connectivity index (χ3v) is 9.14. The number of unbranched alkanes of at least 4 members (excludes halogenated alkanes) is 22. The molecule has 1 aromatic rings. The molecule has 1 aromatic heterocycles. The molecule has 1 rings (SSSR count). The molecule has 0 aromatic carbocycles. The maximum absolute atomic E-state index is 3.72. The third-order valence-electron chi connectivity index (χ3n) is 9.14. The predicted octanol–water partition coefficient (Wildman–Crippen LogP) is 12.9. The molecule has 2 atom stereocenters. The van der Waals surface area contributed by atoms with Crippen LogP contribution < -0.4 is 4.57 Å². The van der Waals surface area contributed by atoms with Crippen molar-refractivity contribution in [2.75, 3.05) is 0 Å². The van der Waals surface area contributed by atoms with Gasteiger partial charge in [-0.05, 0) is 32.6 Å². The first-order valence-corrected chi connectivity index (χ1v) is 18.3. The van der Waals surface area contributed by atoms with Crippen molar-refractivity contribution in [1.29, 1.82) is 0 Å². The lowest BCUT2D eigenvalue weighted by molar-refractivity contribution is -0.727. The molecule has 1 heterocycles. The van der Waals surface area contributed by atoms with E-state index in [2.05, 4.69) is 49.6 Å². The van der Waals surface area contributed by atoms with Gasteiger partial charge in [-0.15, -0.1) is 0 Å². The second-order valence-electron chi connectivity index (χ2n) is 12.9. The van der Waals surface area contributed by atoms with Crippen LogP contribution in [0.3, 0.4) is 0 Å². The zero-order valence-corrected chi connectivity index (χ0v) is 27.6. The van der Waals surface area contributed by atoms with Gasteiger partial charge < -0.3 is 0 Å². The molecule has 1 N–H and O–H groups in total. The Hall–Kier alpha value is -0.790. The first kappa shape index (κ1) is 36.2. The Balaban J connectivity index is 2.35. The summed E-state index contributed by atoms with van der Waals surface area (Å²) in [4.78, 5) is 3.72. The summed E-state index contributed by atoms with van der Waals surface area (Å²) in [6, 6.07) is 0.622. The fourth-order valence-electron chi connectivity index (χ4n) is 6.43. The van der Waals surface area contributed by atoms with E-state index in [-0.39, 0.29) is 0 Å². The molecule has 0 aliphatic heterocycles. The summed E-state index contributed by atoms with van der Waals surface area (Å²) in [5, 5.41) is 0. The number of hydrogen-bond donors (Lipinski definition) is 1. The molecule has 0 bridgehead atoms. The van der Waals surface area contributed by atoms with Crippen LogP contribution >= 0.6 is 0 Å². The molecule has 2 unspecified atom stereocenters. The largest absolute Gasteiger partial charge is 0.257 e. The van der Waals surface area contributed by atoms with Crippen molar-refractivity contribution in [3.8, 4) is 0 Å². The van der Waals surface area contributed by atoms with Crippen LogP contribution in [0.4, 0.5) is 0 Å². The van der Waals surface area contributed by atoms with Crippen molar-refractivity contribution >= 4 is 0 Å². The standard InChI is InChI=1S/C37H72N2/c1-5-8-11-14-16-17-18-19-20-21-22-23-26-29-32-36(31-28-25-15-12-9-6-2)37-38-33-34-39(37)35(4)30-27-24-13-10-7-3/h33-36H,5-32H2,1-4H3/p+1. The summed E-state index contributed by atoms with van der Waals surface area (Å²) in [6.45, 7) is 9.39. The quantitative estimate of drug-likeness (QED) is 0.0732. The van der Waals surface area contributed by atoms with Crippen molar-refractivity contribution in [2.24, 2.45) is 0 Å². The van der Waals surface area contributed by atoms with Gasteiger partial charge in [-0.2, -0.15) is 0 Å². The fourth-order valence-corrected chi connectivity index (χ4v) is 6.43. The number of nitrogens with zero attached hydrogens (tertiary/aromatic N) is 1. The molecular weight excluding hydrogens is 472 g/mol. The van der Waals surface area contributed by atoms with Crippen LogP contribution in [0.1, 0.15) is 225 Å². The van der Waals surface area contributed by atoms with Crippen LogP contribution in [0.2, 0.25) is 0 Å². The van der Waals surface area contributed by atoms with Crippen molar-refractivity contribution < 1.29 is 4.57 Å². The Morgan fingerprint density at radius 3 is 1.21 bits per heavy atom. The molecule has 230 valence electrons. The zero-order valence-electron chi connectivity index (χ0n) is 27.6. The van der Waals surface area contributed by atoms with E-state index in [0.29, 0.717) is 12.0 Å². The Kier molecular flexibility index (Phi) is 25.4. The molecule has 0 fully saturated rings. The normalized spacial score (nSPS) is 13.2. The molecule has 0 saturated heterocycles. The van der Waals surface area contributed by atoms with E-state index < -0.39 is 0 Å². The van der Waals surface area contributed by atoms with E-state index in [1.807, 2.05) is 0 Å². The zero-order chi connectivity index (χ0) is 28.2. The van der Waals surface area contributed by atoms with Gasteiger partial charge in [-0.1, -0.05) is 175 Å². The highest BCUT2D eigenvalue weighted by molar-refractivity contribution is 4.90. The maximum Gasteiger partial charge on any atom is 0.257 e. The van der Waals surface area contributed by atoms with Crippen LogP contribution in [0, 0.1) is 0 Å². The van der Waals surface area contributed by atoms with E-state index in [1.54, 1.807) is 0 Å². The van der Waals surface area contributed by atoms with E-state index in [1.165, 1.54) is 186 Å². The molecule has 0 radical (unpaired) electrons. The molecule has 0 saturated carbocycles. The molecule has 0 aliphatic carbocycles. The molecule has 39 heavy (non-hydrogen) atoms. The lowest BCUT2D eigenvalue weighted by Crippen LogP contribution is -2.41. The summed E-state index contributed by atoms with van der Waals surface area (Å²) in [5.41, 5.74) is 0. The van der Waals surface area contributed by atoms with Crippen LogP contribution in [-0.4, -0.2) is 4.98 Å². The SMILES string of the molecule is CCCCCCCCCCCCCCCCC(CCCCCCCC)c1[nH]cc[n+]1C(C)CCCCCCC. The van der Waals surface area contributed by atoms with Crippen LogP contribution in [-0.2, 0) is 0 Å². The summed E-state index contributed by atoms with van der Waals surface area (Å²) in [6.07, 6.45) is 44.2. The topological polar surface area (TPSA) is 19.7 Å². The molecule has 0 amide bonds. The maximum atomic E-state index is 3.72. The summed E-state index contributed by atoms with van der Waals surface area (Å²) in [5.74, 6) is 2.24. The molecule has 2 heteroatoms. The van der Waals surface area contributed by atoms with Gasteiger partial charge in [0.1, 0.15) is 12.4 Å². The van der Waals surface area contributed by atoms with Gasteiger partial charge in [0.15, 0.2) is 0 Å². The average molecular weight is 546 g/mol. The first-order chi connectivity index (χ1) is 19.2.